The first-order valence-corrected chi connectivity index (χ1v) is 10.4. The molecule has 0 N–H and O–H groups in total. The summed E-state index contributed by atoms with van der Waals surface area (Å²) in [6.45, 7) is 3.25. The van der Waals surface area contributed by atoms with Gasteiger partial charge in [-0.2, -0.15) is 0 Å². The van der Waals surface area contributed by atoms with Crippen LogP contribution in [0.2, 0.25) is 0 Å². The topological polar surface area (TPSA) is 96.5 Å². The van der Waals surface area contributed by atoms with Crippen molar-refractivity contribution in [2.45, 2.75) is 31.8 Å². The second kappa shape index (κ2) is 7.96. The van der Waals surface area contributed by atoms with Gasteiger partial charge in [0.25, 0.3) is 5.91 Å². The van der Waals surface area contributed by atoms with E-state index >= 15 is 0 Å². The molecule has 0 radical (unpaired) electrons. The molecule has 9 heteroatoms. The van der Waals surface area contributed by atoms with Crippen LogP contribution in [0.25, 0.3) is 0 Å². The zero-order chi connectivity index (χ0) is 22.2. The largest absolute Gasteiger partial charge is 0.468 e. The van der Waals surface area contributed by atoms with Gasteiger partial charge in [-0.1, -0.05) is 30.3 Å². The van der Waals surface area contributed by atoms with Crippen LogP contribution in [0, 0.1) is 5.41 Å². The van der Waals surface area contributed by atoms with Gasteiger partial charge in [0, 0.05) is 19.6 Å². The first kappa shape index (κ1) is 21.3. The number of hydrogen-bond donors (Lipinski definition) is 0. The molecule has 0 unspecified atom stereocenters. The summed E-state index contributed by atoms with van der Waals surface area (Å²) in [5.74, 6) is -1.03. The maximum Gasteiger partial charge on any atom is 0.328 e. The van der Waals surface area contributed by atoms with Gasteiger partial charge in [0.1, 0.15) is 12.1 Å². The SMILES string of the molecule is COC(=O)CN1C(=O)N(Cc2ccccc2)C2(CCN(C(=O)C3(C)COC3)CC2)C1=O. The molecule has 0 atom stereocenters. The number of carbonyl (C=O) groups excluding carboxylic acids is 4. The lowest BCUT2D eigenvalue weighted by Gasteiger charge is -2.46. The highest BCUT2D eigenvalue weighted by Crippen LogP contribution is 2.40. The fraction of sp³-hybridized carbons (Fsp3) is 0.545. The number of imide groups is 1. The Morgan fingerprint density at radius 1 is 1.10 bits per heavy atom. The van der Waals surface area contributed by atoms with Crippen molar-refractivity contribution >= 4 is 23.8 Å². The molecule has 3 heterocycles. The van der Waals surface area contributed by atoms with Crippen molar-refractivity contribution in [1.82, 2.24) is 14.7 Å². The molecule has 4 rings (SSSR count). The molecule has 3 fully saturated rings. The van der Waals surface area contributed by atoms with Crippen LogP contribution in [0.4, 0.5) is 4.79 Å². The van der Waals surface area contributed by atoms with E-state index in [1.54, 1.807) is 9.80 Å². The molecule has 9 nitrogen and oxygen atoms in total. The Kier molecular flexibility index (Phi) is 5.47. The first-order chi connectivity index (χ1) is 14.8. The van der Waals surface area contributed by atoms with Crippen LogP contribution < -0.4 is 0 Å². The maximum absolute atomic E-state index is 13.4. The van der Waals surface area contributed by atoms with Crippen LogP contribution in [0.5, 0.6) is 0 Å². The normalized spacial score (nSPS) is 21.9. The third-order valence-corrected chi connectivity index (χ3v) is 6.56. The van der Waals surface area contributed by atoms with Gasteiger partial charge in [0.15, 0.2) is 0 Å². The number of benzene rings is 1. The zero-order valence-electron chi connectivity index (χ0n) is 17.8. The van der Waals surface area contributed by atoms with E-state index in [1.165, 1.54) is 7.11 Å². The average molecular weight is 429 g/mol. The van der Waals surface area contributed by atoms with Crippen LogP contribution in [-0.4, -0.2) is 84.0 Å². The molecule has 31 heavy (non-hydrogen) atoms. The standard InChI is InChI=1S/C22H27N3O6/c1-21(14-31-15-21)18(27)23-10-8-22(9-11-23)19(28)24(13-17(26)30-2)20(29)25(22)12-16-6-4-3-5-7-16/h3-7H,8-15H2,1-2H3. The highest BCUT2D eigenvalue weighted by Gasteiger charge is 2.59. The molecule has 3 aliphatic rings. The van der Waals surface area contributed by atoms with E-state index in [1.807, 2.05) is 37.3 Å². The molecular weight excluding hydrogens is 402 g/mol. The van der Waals surface area contributed by atoms with Crippen molar-refractivity contribution in [2.75, 3.05) is 40.0 Å². The maximum atomic E-state index is 13.4. The number of esters is 1. The number of hydrogen-bond acceptors (Lipinski definition) is 6. The van der Waals surface area contributed by atoms with E-state index in [4.69, 9.17) is 4.74 Å². The highest BCUT2D eigenvalue weighted by molar-refractivity contribution is 6.08. The van der Waals surface area contributed by atoms with Crippen LogP contribution in [-0.2, 0) is 30.4 Å². The van der Waals surface area contributed by atoms with Gasteiger partial charge in [-0.05, 0) is 25.3 Å². The third-order valence-electron chi connectivity index (χ3n) is 6.56. The number of nitrogens with zero attached hydrogens (tertiary/aromatic N) is 3. The Morgan fingerprint density at radius 2 is 1.74 bits per heavy atom. The first-order valence-electron chi connectivity index (χ1n) is 10.4. The molecule has 1 aromatic carbocycles. The molecule has 0 aromatic heterocycles. The Bertz CT molecular complexity index is 890. The van der Waals surface area contributed by atoms with Gasteiger partial charge in [-0.25, -0.2) is 4.79 Å². The smallest absolute Gasteiger partial charge is 0.328 e. The van der Waals surface area contributed by atoms with Gasteiger partial charge < -0.3 is 19.3 Å². The second-order valence-electron chi connectivity index (χ2n) is 8.70. The summed E-state index contributed by atoms with van der Waals surface area (Å²) in [5, 5.41) is 0. The lowest BCUT2D eigenvalue weighted by molar-refractivity contribution is -0.171. The zero-order valence-corrected chi connectivity index (χ0v) is 17.8. The van der Waals surface area contributed by atoms with Gasteiger partial charge in [0.2, 0.25) is 5.91 Å². The average Bonchev–Trinajstić information content (AvgIpc) is 2.94. The fourth-order valence-corrected chi connectivity index (χ4v) is 4.58. The number of carbonyl (C=O) groups is 4. The van der Waals surface area contributed by atoms with E-state index < -0.39 is 35.4 Å². The number of methoxy groups -OCH3 is 1. The summed E-state index contributed by atoms with van der Waals surface area (Å²) in [5.41, 5.74) is -0.698. The molecule has 0 aliphatic carbocycles. The summed E-state index contributed by atoms with van der Waals surface area (Å²) in [6, 6.07) is 8.92. The van der Waals surface area contributed by atoms with E-state index in [9.17, 15) is 19.2 Å². The summed E-state index contributed by atoms with van der Waals surface area (Å²) in [6.07, 6.45) is 0.648. The molecular formula is C22H27N3O6. The number of piperidine rings is 1. The number of amides is 4. The second-order valence-corrected chi connectivity index (χ2v) is 8.70. The van der Waals surface area contributed by atoms with Crippen LogP contribution in [0.15, 0.2) is 30.3 Å². The molecule has 3 aliphatic heterocycles. The van der Waals surface area contributed by atoms with Crippen molar-refractivity contribution in [3.8, 4) is 0 Å². The molecule has 166 valence electrons. The van der Waals surface area contributed by atoms with Crippen LogP contribution >= 0.6 is 0 Å². The van der Waals surface area contributed by atoms with E-state index in [-0.39, 0.29) is 12.5 Å². The van der Waals surface area contributed by atoms with E-state index in [0.29, 0.717) is 39.1 Å². The summed E-state index contributed by atoms with van der Waals surface area (Å²) in [7, 11) is 1.22. The Labute approximate surface area is 180 Å². The minimum Gasteiger partial charge on any atom is -0.468 e. The molecule has 3 saturated heterocycles. The minimum atomic E-state index is -1.07. The van der Waals surface area contributed by atoms with Crippen LogP contribution in [0.1, 0.15) is 25.3 Å². The van der Waals surface area contributed by atoms with Crippen molar-refractivity contribution in [2.24, 2.45) is 5.41 Å². The fourth-order valence-electron chi connectivity index (χ4n) is 4.58. The molecule has 0 saturated carbocycles. The van der Waals surface area contributed by atoms with Crippen molar-refractivity contribution < 1.29 is 28.7 Å². The Balaban J connectivity index is 1.58. The monoisotopic (exact) mass is 429 g/mol. The number of likely N-dealkylation sites (tertiary alicyclic amines) is 1. The van der Waals surface area contributed by atoms with Crippen molar-refractivity contribution in [3.05, 3.63) is 35.9 Å². The third kappa shape index (κ3) is 3.56. The quantitative estimate of drug-likeness (QED) is 0.512. The van der Waals surface area contributed by atoms with E-state index in [2.05, 4.69) is 4.74 Å². The van der Waals surface area contributed by atoms with Gasteiger partial charge in [-0.3, -0.25) is 19.3 Å². The van der Waals surface area contributed by atoms with Gasteiger partial charge in [0.05, 0.1) is 25.7 Å². The summed E-state index contributed by atoms with van der Waals surface area (Å²) >= 11 is 0. The number of ether oxygens (including phenoxy) is 2. The summed E-state index contributed by atoms with van der Waals surface area (Å²) in [4.78, 5) is 55.6. The Hall–Kier alpha value is -2.94. The highest BCUT2D eigenvalue weighted by atomic mass is 16.5. The minimum absolute atomic E-state index is 0.0198. The van der Waals surface area contributed by atoms with Gasteiger partial charge >= 0.3 is 12.0 Å². The number of rotatable bonds is 5. The van der Waals surface area contributed by atoms with Crippen molar-refractivity contribution in [1.29, 1.82) is 0 Å². The number of urea groups is 1. The van der Waals surface area contributed by atoms with Crippen LogP contribution in [0.3, 0.4) is 0 Å². The lowest BCUT2D eigenvalue weighted by atomic mass is 9.82. The molecule has 0 bridgehead atoms. The lowest BCUT2D eigenvalue weighted by Crippen LogP contribution is -2.60. The molecule has 1 aromatic rings. The summed E-state index contributed by atoms with van der Waals surface area (Å²) < 4.78 is 9.89. The predicted octanol–water partition coefficient (Wildman–Crippen LogP) is 1.02. The van der Waals surface area contributed by atoms with Crippen molar-refractivity contribution in [3.63, 3.8) is 0 Å². The predicted molar refractivity (Wildman–Crippen MR) is 109 cm³/mol. The Morgan fingerprint density at radius 3 is 2.29 bits per heavy atom. The molecule has 4 amide bonds. The molecule has 1 spiro atoms. The van der Waals surface area contributed by atoms with Gasteiger partial charge in [-0.15, -0.1) is 0 Å². The van der Waals surface area contributed by atoms with E-state index in [0.717, 1.165) is 10.5 Å².